The van der Waals surface area contributed by atoms with E-state index in [9.17, 15) is 55.9 Å². The van der Waals surface area contributed by atoms with Crippen LogP contribution < -0.4 is 5.32 Å². The van der Waals surface area contributed by atoms with E-state index in [1.807, 2.05) is 0 Å². The van der Waals surface area contributed by atoms with E-state index in [1.165, 1.54) is 0 Å². The van der Waals surface area contributed by atoms with Crippen LogP contribution in [0, 0.1) is 11.8 Å². The second-order valence-corrected chi connectivity index (χ2v) is 9.40. The Bertz CT molecular complexity index is 802. The van der Waals surface area contributed by atoms with Crippen LogP contribution in [0.3, 0.4) is 0 Å². The summed E-state index contributed by atoms with van der Waals surface area (Å²) in [6.45, 7) is 0.684. The van der Waals surface area contributed by atoms with Crippen LogP contribution in [0.25, 0.3) is 0 Å². The van der Waals surface area contributed by atoms with Crippen LogP contribution in [0.2, 0.25) is 0 Å². The summed E-state index contributed by atoms with van der Waals surface area (Å²) in [6, 6.07) is -1.75. The van der Waals surface area contributed by atoms with Gasteiger partial charge in [-0.15, -0.1) is 0 Å². The van der Waals surface area contributed by atoms with Crippen molar-refractivity contribution in [1.29, 1.82) is 0 Å². The highest BCUT2D eigenvalue weighted by Gasteiger charge is 2.71. The molecular weight excluding hydrogens is 518 g/mol. The van der Waals surface area contributed by atoms with Crippen LogP contribution >= 0.6 is 0 Å². The molecule has 222 valence electrons. The first-order chi connectivity index (χ1) is 17.8. The molecule has 6 unspecified atom stereocenters. The molecule has 1 amide bonds. The maximum absolute atomic E-state index is 11.9. The number of ether oxygens (including phenoxy) is 3. The monoisotopic (exact) mass is 557 g/mol. The predicted octanol–water partition coefficient (Wildman–Crippen LogP) is -4.58. The first kappa shape index (κ1) is 32.5. The van der Waals surface area contributed by atoms with E-state index < -0.39 is 117 Å². The molecule has 1 heterocycles. The highest BCUT2D eigenvalue weighted by Crippen LogP contribution is 2.55. The van der Waals surface area contributed by atoms with E-state index in [2.05, 4.69) is 5.32 Å². The summed E-state index contributed by atoms with van der Waals surface area (Å²) in [6.07, 6.45) is -14.2. The number of nitrogens with one attached hydrogen (secondary N) is 1. The van der Waals surface area contributed by atoms with Crippen molar-refractivity contribution in [3.8, 4) is 0 Å². The van der Waals surface area contributed by atoms with Crippen LogP contribution in [0.5, 0.6) is 0 Å². The summed E-state index contributed by atoms with van der Waals surface area (Å²) in [5.41, 5.74) is 0. The third-order valence-electron chi connectivity index (χ3n) is 6.85. The molecule has 1 saturated carbocycles. The van der Waals surface area contributed by atoms with Gasteiger partial charge in [0.05, 0.1) is 42.9 Å². The Morgan fingerprint density at radius 3 is 2.11 bits per heavy atom. The van der Waals surface area contributed by atoms with Gasteiger partial charge in [-0.3, -0.25) is 4.79 Å². The fourth-order valence-corrected chi connectivity index (χ4v) is 4.95. The number of carbonyl (C=O) groups is 1. The molecule has 0 bridgehead atoms. The molecule has 1 aliphatic heterocycles. The van der Waals surface area contributed by atoms with Crippen LogP contribution in [0.4, 0.5) is 0 Å². The van der Waals surface area contributed by atoms with Crippen LogP contribution in [0.1, 0.15) is 26.7 Å². The Balaban J connectivity index is 2.29. The molecule has 38 heavy (non-hydrogen) atoms. The smallest absolute Gasteiger partial charge is 0.217 e. The fraction of sp³-hybridized carbons (Fsp3) is 0.864. The van der Waals surface area contributed by atoms with Gasteiger partial charge in [0, 0.05) is 26.6 Å². The molecule has 0 spiro atoms. The van der Waals surface area contributed by atoms with E-state index in [-0.39, 0.29) is 6.42 Å². The standard InChI is InChI=1S/C22H39NO15/c1-8-13-18(32)15(29)10(7-26)22(13,37-8)38-20(34)14(23-9(2)27)17(31)12(4-6-25)36-21(35)19(33)16(30)11(28)3-5-24/h8,10-15,17-18,20-21,24-26,28-35H,3-7H2,1-2H3,(H,23,27)/b19-16+/t8-,10?,11+,12-,13?,14?,15-,17?,18?,20+,21+,22?/m1/s1. The highest BCUT2D eigenvalue weighted by molar-refractivity contribution is 5.73. The van der Waals surface area contributed by atoms with E-state index in [4.69, 9.17) is 19.3 Å². The molecule has 12 N–H and O–H groups in total. The molecule has 1 aliphatic carbocycles. The van der Waals surface area contributed by atoms with Crippen LogP contribution in [0.15, 0.2) is 11.5 Å². The van der Waals surface area contributed by atoms with Gasteiger partial charge in [0.25, 0.3) is 0 Å². The molecule has 0 aromatic heterocycles. The van der Waals surface area contributed by atoms with Gasteiger partial charge in [0.2, 0.25) is 12.2 Å². The summed E-state index contributed by atoms with van der Waals surface area (Å²) >= 11 is 0. The van der Waals surface area contributed by atoms with Crippen LogP contribution in [-0.2, 0) is 19.0 Å². The minimum absolute atomic E-state index is 0.388. The predicted molar refractivity (Wildman–Crippen MR) is 123 cm³/mol. The van der Waals surface area contributed by atoms with Crippen molar-refractivity contribution in [3.05, 3.63) is 11.5 Å². The van der Waals surface area contributed by atoms with Crippen LogP contribution in [-0.4, -0.2) is 143 Å². The van der Waals surface area contributed by atoms with Gasteiger partial charge in [0.15, 0.2) is 23.6 Å². The van der Waals surface area contributed by atoms with Gasteiger partial charge in [-0.25, -0.2) is 0 Å². The number of rotatable bonds is 15. The third-order valence-corrected chi connectivity index (χ3v) is 6.85. The number of carbonyl (C=O) groups excluding carboxylic acids is 1. The molecule has 0 aromatic rings. The van der Waals surface area contributed by atoms with Crippen molar-refractivity contribution in [3.63, 3.8) is 0 Å². The first-order valence-corrected chi connectivity index (χ1v) is 12.1. The van der Waals surface area contributed by atoms with Gasteiger partial charge < -0.3 is 75.7 Å². The van der Waals surface area contributed by atoms with Gasteiger partial charge in [-0.1, -0.05) is 0 Å². The highest BCUT2D eigenvalue weighted by atomic mass is 16.8. The van der Waals surface area contributed by atoms with Crippen molar-refractivity contribution in [2.45, 2.75) is 87.7 Å². The Labute approximate surface area is 217 Å². The van der Waals surface area contributed by atoms with Crippen molar-refractivity contribution < 1.29 is 75.2 Å². The van der Waals surface area contributed by atoms with Gasteiger partial charge >= 0.3 is 0 Å². The molecule has 0 radical (unpaired) electrons. The average Bonchev–Trinajstić information content (AvgIpc) is 3.01. The Morgan fingerprint density at radius 2 is 1.61 bits per heavy atom. The van der Waals surface area contributed by atoms with Crippen molar-refractivity contribution >= 4 is 5.91 Å². The zero-order valence-electron chi connectivity index (χ0n) is 20.9. The lowest BCUT2D eigenvalue weighted by molar-refractivity contribution is -0.427. The fourth-order valence-electron chi connectivity index (χ4n) is 4.95. The van der Waals surface area contributed by atoms with E-state index in [1.54, 1.807) is 6.92 Å². The number of fused-ring (bicyclic) bond motifs is 1. The largest absolute Gasteiger partial charge is 0.506 e. The number of hydrogen-bond donors (Lipinski definition) is 12. The van der Waals surface area contributed by atoms with E-state index >= 15 is 0 Å². The third kappa shape index (κ3) is 6.55. The topological polar surface area (TPSA) is 279 Å². The summed E-state index contributed by atoms with van der Waals surface area (Å²) in [7, 11) is 0. The number of aliphatic hydroxyl groups excluding tert-OH is 11. The first-order valence-electron chi connectivity index (χ1n) is 12.1. The Hall–Kier alpha value is -1.67. The molecule has 1 saturated heterocycles. The molecule has 2 aliphatic rings. The minimum Gasteiger partial charge on any atom is -0.506 e. The van der Waals surface area contributed by atoms with Crippen molar-refractivity contribution in [1.82, 2.24) is 5.32 Å². The molecular formula is C22H39NO15. The lowest BCUT2D eigenvalue weighted by atomic mass is 9.84. The van der Waals surface area contributed by atoms with Crippen molar-refractivity contribution in [2.75, 3.05) is 19.8 Å². The molecule has 12 atom stereocenters. The maximum atomic E-state index is 11.9. The SMILES string of the molecule is CC(=O)NC(C(O)[C@@H](CCO)O[C@H](O)/C(O)=C(\O)[C@@H](O)CCO)[C@@H](O)OC12O[C@H](C)C1C(O)[C@H](O)C2CO. The lowest BCUT2D eigenvalue weighted by Gasteiger charge is -2.53. The molecule has 2 fully saturated rings. The molecule has 2 rings (SSSR count). The van der Waals surface area contributed by atoms with Crippen molar-refractivity contribution in [2.24, 2.45) is 11.8 Å². The molecule has 16 nitrogen and oxygen atoms in total. The number of hydrogen-bond acceptors (Lipinski definition) is 15. The Morgan fingerprint density at radius 1 is 1.00 bits per heavy atom. The summed E-state index contributed by atoms with van der Waals surface area (Å²) in [5.74, 6) is -7.13. The lowest BCUT2D eigenvalue weighted by Crippen LogP contribution is -2.67. The molecule has 0 aromatic carbocycles. The van der Waals surface area contributed by atoms with Gasteiger partial charge in [-0.05, 0) is 13.3 Å². The Kier molecular flexibility index (Phi) is 11.6. The summed E-state index contributed by atoms with van der Waals surface area (Å²) < 4.78 is 16.3. The zero-order chi connectivity index (χ0) is 28.9. The quantitative estimate of drug-likeness (QED) is 0.0667. The second kappa shape index (κ2) is 13.6. The van der Waals surface area contributed by atoms with E-state index in [0.29, 0.717) is 0 Å². The summed E-state index contributed by atoms with van der Waals surface area (Å²) in [5, 5.41) is 113. The zero-order valence-corrected chi connectivity index (χ0v) is 20.9. The number of aliphatic hydroxyl groups is 11. The normalized spacial score (nSPS) is 34.2. The summed E-state index contributed by atoms with van der Waals surface area (Å²) in [4.78, 5) is 11.9. The number of amides is 1. The maximum Gasteiger partial charge on any atom is 0.217 e. The second-order valence-electron chi connectivity index (χ2n) is 9.40. The molecule has 16 heteroatoms. The van der Waals surface area contributed by atoms with Gasteiger partial charge in [-0.2, -0.15) is 0 Å². The van der Waals surface area contributed by atoms with Gasteiger partial charge in [0.1, 0.15) is 18.2 Å². The average molecular weight is 558 g/mol. The minimum atomic E-state index is -2.36. The van der Waals surface area contributed by atoms with E-state index in [0.717, 1.165) is 6.92 Å².